The third kappa shape index (κ3) is 5.17. The lowest BCUT2D eigenvalue weighted by Crippen LogP contribution is -2.14. The topological polar surface area (TPSA) is 111 Å². The highest BCUT2D eigenvalue weighted by molar-refractivity contribution is 14.1. The lowest BCUT2D eigenvalue weighted by atomic mass is 10.2. The number of nitro groups is 1. The Morgan fingerprint density at radius 2 is 2.00 bits per heavy atom. The van der Waals surface area contributed by atoms with Gasteiger partial charge in [0, 0.05) is 20.9 Å². The van der Waals surface area contributed by atoms with Crippen molar-refractivity contribution in [2.45, 2.75) is 5.22 Å². The van der Waals surface area contributed by atoms with Gasteiger partial charge in [0.25, 0.3) is 10.9 Å². The third-order valence-electron chi connectivity index (χ3n) is 3.25. The number of rotatable bonds is 6. The Labute approximate surface area is 176 Å². The number of thioether (sulfide) groups is 1. The lowest BCUT2D eigenvalue weighted by molar-refractivity contribution is -0.384. The van der Waals surface area contributed by atoms with Crippen LogP contribution in [0.5, 0.6) is 0 Å². The molecule has 3 aromatic rings. The van der Waals surface area contributed by atoms with Crippen LogP contribution in [0, 0.1) is 13.7 Å². The van der Waals surface area contributed by atoms with E-state index in [0.29, 0.717) is 5.89 Å². The molecule has 2 aromatic carbocycles. The van der Waals surface area contributed by atoms with Crippen molar-refractivity contribution >= 4 is 63.2 Å². The Balaban J connectivity index is 1.59. The van der Waals surface area contributed by atoms with E-state index in [1.807, 2.05) is 24.3 Å². The fraction of sp³-hybridized carbons (Fsp3) is 0.0625. The largest absolute Gasteiger partial charge is 0.411 e. The van der Waals surface area contributed by atoms with Crippen LogP contribution in [0.2, 0.25) is 5.02 Å². The lowest BCUT2D eigenvalue weighted by Gasteiger charge is -2.04. The Kier molecular flexibility index (Phi) is 6.29. The molecule has 0 atom stereocenters. The van der Waals surface area contributed by atoms with Gasteiger partial charge in [0.2, 0.25) is 11.8 Å². The van der Waals surface area contributed by atoms with Crippen molar-refractivity contribution in [1.29, 1.82) is 0 Å². The minimum absolute atomic E-state index is 0.00126. The number of aromatic nitrogens is 2. The fourth-order valence-corrected chi connectivity index (χ4v) is 3.14. The first-order valence-corrected chi connectivity index (χ1v) is 9.82. The number of nitrogens with one attached hydrogen (secondary N) is 1. The van der Waals surface area contributed by atoms with Gasteiger partial charge < -0.3 is 9.73 Å². The van der Waals surface area contributed by atoms with Crippen molar-refractivity contribution in [3.8, 4) is 11.5 Å². The molecule has 0 saturated carbocycles. The van der Waals surface area contributed by atoms with Crippen LogP contribution in [-0.2, 0) is 4.79 Å². The monoisotopic (exact) mass is 516 g/mol. The second kappa shape index (κ2) is 8.67. The highest BCUT2D eigenvalue weighted by Gasteiger charge is 2.15. The molecule has 3 rings (SSSR count). The standard InChI is InChI=1S/C16H10ClIN4O4S/c17-12-6-5-11(7-13(12)22(24)25)19-14(23)8-27-16-21-20-15(26-16)9-1-3-10(18)4-2-9/h1-7H,8H2,(H,19,23). The van der Waals surface area contributed by atoms with Gasteiger partial charge in [0.15, 0.2) is 0 Å². The van der Waals surface area contributed by atoms with Gasteiger partial charge in [-0.05, 0) is 59.0 Å². The molecule has 1 aromatic heterocycles. The van der Waals surface area contributed by atoms with Crippen molar-refractivity contribution in [2.24, 2.45) is 0 Å². The molecule has 0 aliphatic carbocycles. The molecule has 0 saturated heterocycles. The summed E-state index contributed by atoms with van der Waals surface area (Å²) < 4.78 is 6.62. The molecule has 0 fully saturated rings. The number of benzene rings is 2. The first kappa shape index (κ1) is 19.6. The van der Waals surface area contributed by atoms with Crippen molar-refractivity contribution < 1.29 is 14.1 Å². The van der Waals surface area contributed by atoms with Gasteiger partial charge in [0.05, 0.1) is 10.7 Å². The summed E-state index contributed by atoms with van der Waals surface area (Å²) in [5, 5.41) is 21.6. The van der Waals surface area contributed by atoms with E-state index in [1.54, 1.807) is 0 Å². The minimum Gasteiger partial charge on any atom is -0.411 e. The van der Waals surface area contributed by atoms with Crippen LogP contribution in [0.15, 0.2) is 52.1 Å². The average molecular weight is 517 g/mol. The van der Waals surface area contributed by atoms with Crippen LogP contribution < -0.4 is 5.32 Å². The minimum atomic E-state index is -0.614. The first-order chi connectivity index (χ1) is 12.9. The summed E-state index contributed by atoms with van der Waals surface area (Å²) >= 11 is 9.01. The second-order valence-electron chi connectivity index (χ2n) is 5.14. The number of halogens is 2. The van der Waals surface area contributed by atoms with Gasteiger partial charge in [-0.15, -0.1) is 10.2 Å². The number of nitrogens with zero attached hydrogens (tertiary/aromatic N) is 3. The van der Waals surface area contributed by atoms with Gasteiger partial charge >= 0.3 is 0 Å². The van der Waals surface area contributed by atoms with Crippen LogP contribution in [-0.4, -0.2) is 26.8 Å². The molecule has 1 N–H and O–H groups in total. The Hall–Kier alpha value is -2.18. The Morgan fingerprint density at radius 1 is 1.26 bits per heavy atom. The number of carbonyl (C=O) groups excluding carboxylic acids is 1. The molecule has 0 bridgehead atoms. The van der Waals surface area contributed by atoms with E-state index in [1.165, 1.54) is 18.2 Å². The number of hydrogen-bond acceptors (Lipinski definition) is 7. The number of hydrogen-bond donors (Lipinski definition) is 1. The normalized spacial score (nSPS) is 10.6. The van der Waals surface area contributed by atoms with E-state index in [4.69, 9.17) is 16.0 Å². The predicted molar refractivity (Wildman–Crippen MR) is 110 cm³/mol. The molecule has 0 aliphatic heterocycles. The molecule has 8 nitrogen and oxygen atoms in total. The van der Waals surface area contributed by atoms with Gasteiger partial charge in [-0.25, -0.2) is 0 Å². The molecule has 0 radical (unpaired) electrons. The van der Waals surface area contributed by atoms with Gasteiger partial charge in [-0.3, -0.25) is 14.9 Å². The summed E-state index contributed by atoms with van der Waals surface area (Å²) in [7, 11) is 0. The maximum atomic E-state index is 12.0. The van der Waals surface area contributed by atoms with E-state index in [9.17, 15) is 14.9 Å². The zero-order chi connectivity index (χ0) is 19.4. The Bertz CT molecular complexity index is 996. The van der Waals surface area contributed by atoms with E-state index < -0.39 is 4.92 Å². The van der Waals surface area contributed by atoms with Crippen LogP contribution >= 0.6 is 46.0 Å². The quantitative estimate of drug-likeness (QED) is 0.220. The summed E-state index contributed by atoms with van der Waals surface area (Å²) in [5.41, 5.74) is 0.788. The molecule has 138 valence electrons. The predicted octanol–water partition coefficient (Wildman–Crippen LogP) is 4.63. The molecule has 11 heteroatoms. The summed E-state index contributed by atoms with van der Waals surface area (Å²) in [6, 6.07) is 11.6. The van der Waals surface area contributed by atoms with Gasteiger partial charge in [0.1, 0.15) is 5.02 Å². The summed E-state index contributed by atoms with van der Waals surface area (Å²) in [6.45, 7) is 0. The third-order valence-corrected chi connectivity index (χ3v) is 5.11. The first-order valence-electron chi connectivity index (χ1n) is 7.38. The number of carbonyl (C=O) groups is 1. The SMILES string of the molecule is O=C(CSc1nnc(-c2ccc(I)cc2)o1)Nc1ccc(Cl)c([N+](=O)[O-])c1. The molecular weight excluding hydrogens is 507 g/mol. The highest BCUT2D eigenvalue weighted by Crippen LogP contribution is 2.28. The van der Waals surface area contributed by atoms with Gasteiger partial charge in [-0.1, -0.05) is 23.4 Å². The maximum Gasteiger partial charge on any atom is 0.289 e. The molecule has 0 spiro atoms. The van der Waals surface area contributed by atoms with Crippen LogP contribution in [0.3, 0.4) is 0 Å². The smallest absolute Gasteiger partial charge is 0.289 e. The van der Waals surface area contributed by atoms with Crippen molar-refractivity contribution in [2.75, 3.05) is 11.1 Å². The molecule has 1 heterocycles. The number of amides is 1. The molecule has 0 aliphatic rings. The van der Waals surface area contributed by atoms with E-state index in [-0.39, 0.29) is 33.3 Å². The second-order valence-corrected chi connectivity index (χ2v) is 7.72. The molecular formula is C16H10ClIN4O4S. The Morgan fingerprint density at radius 3 is 2.70 bits per heavy atom. The number of nitro benzene ring substituents is 1. The molecule has 27 heavy (non-hydrogen) atoms. The van der Waals surface area contributed by atoms with Crippen LogP contribution in [0.25, 0.3) is 11.5 Å². The van der Waals surface area contributed by atoms with Crippen molar-refractivity contribution in [3.63, 3.8) is 0 Å². The maximum absolute atomic E-state index is 12.0. The average Bonchev–Trinajstić information content (AvgIpc) is 3.11. The van der Waals surface area contributed by atoms with E-state index in [0.717, 1.165) is 20.9 Å². The van der Waals surface area contributed by atoms with Gasteiger partial charge in [-0.2, -0.15) is 0 Å². The summed E-state index contributed by atoms with van der Waals surface area (Å²) in [4.78, 5) is 22.3. The zero-order valence-electron chi connectivity index (χ0n) is 13.4. The van der Waals surface area contributed by atoms with Crippen LogP contribution in [0.4, 0.5) is 11.4 Å². The summed E-state index contributed by atoms with van der Waals surface area (Å²) in [6.07, 6.45) is 0. The van der Waals surface area contributed by atoms with Crippen molar-refractivity contribution in [1.82, 2.24) is 10.2 Å². The summed E-state index contributed by atoms with van der Waals surface area (Å²) in [5.74, 6) is -0.00152. The number of anilines is 1. The molecule has 1 amide bonds. The van der Waals surface area contributed by atoms with E-state index in [2.05, 4.69) is 38.1 Å². The highest BCUT2D eigenvalue weighted by atomic mass is 127. The fourth-order valence-electron chi connectivity index (χ4n) is 2.03. The van der Waals surface area contributed by atoms with Crippen LogP contribution in [0.1, 0.15) is 0 Å². The van der Waals surface area contributed by atoms with E-state index >= 15 is 0 Å². The van der Waals surface area contributed by atoms with Crippen molar-refractivity contribution in [3.05, 3.63) is 61.2 Å². The zero-order valence-corrected chi connectivity index (χ0v) is 17.1. The molecule has 0 unspecified atom stereocenters.